The topological polar surface area (TPSA) is 27.7 Å². The minimum absolute atomic E-state index is 0.0671. The molecular weight excluding hydrogens is 264 g/mol. The molecular formula is C18H38O3. The van der Waals surface area contributed by atoms with Gasteiger partial charge in [-0.3, -0.25) is 0 Å². The van der Waals surface area contributed by atoms with Gasteiger partial charge >= 0.3 is 0 Å². The van der Waals surface area contributed by atoms with Crippen LogP contribution in [0.4, 0.5) is 0 Å². The summed E-state index contributed by atoms with van der Waals surface area (Å²) < 4.78 is 17.0. The summed E-state index contributed by atoms with van der Waals surface area (Å²) in [5, 5.41) is 0. The maximum Gasteiger partial charge on any atom is 0.104 e. The van der Waals surface area contributed by atoms with Gasteiger partial charge in [-0.15, -0.1) is 0 Å². The first-order valence-corrected chi connectivity index (χ1v) is 8.82. The van der Waals surface area contributed by atoms with E-state index < -0.39 is 0 Å². The molecule has 3 atom stereocenters. The Kier molecular flexibility index (Phi) is 14.7. The van der Waals surface area contributed by atoms with Gasteiger partial charge in [0.25, 0.3) is 0 Å². The largest absolute Gasteiger partial charge is 0.382 e. The minimum Gasteiger partial charge on any atom is -0.382 e. The predicted octanol–water partition coefficient (Wildman–Crippen LogP) is 4.69. The molecule has 0 radical (unpaired) electrons. The van der Waals surface area contributed by atoms with Crippen LogP contribution in [0.2, 0.25) is 0 Å². The number of ether oxygens (including phenoxy) is 3. The first kappa shape index (κ1) is 20.9. The van der Waals surface area contributed by atoms with Gasteiger partial charge in [-0.05, 0) is 24.7 Å². The van der Waals surface area contributed by atoms with E-state index in [0.717, 1.165) is 13.2 Å². The van der Waals surface area contributed by atoms with Crippen molar-refractivity contribution in [2.45, 2.75) is 72.3 Å². The van der Waals surface area contributed by atoms with Crippen molar-refractivity contribution in [3.8, 4) is 0 Å². The maximum absolute atomic E-state index is 5.95. The summed E-state index contributed by atoms with van der Waals surface area (Å²) in [5.74, 6) is 1.25. The lowest BCUT2D eigenvalue weighted by molar-refractivity contribution is -0.0647. The van der Waals surface area contributed by atoms with Gasteiger partial charge in [0, 0.05) is 20.3 Å². The zero-order valence-corrected chi connectivity index (χ0v) is 15.0. The monoisotopic (exact) mass is 302 g/mol. The summed E-state index contributed by atoms with van der Waals surface area (Å²) in [6, 6.07) is 0. The van der Waals surface area contributed by atoms with Crippen molar-refractivity contribution in [3.05, 3.63) is 0 Å². The molecule has 3 nitrogen and oxygen atoms in total. The summed E-state index contributed by atoms with van der Waals surface area (Å²) in [7, 11) is 1.72. The Bertz CT molecular complexity index is 209. The van der Waals surface area contributed by atoms with Crippen LogP contribution < -0.4 is 0 Å². The third-order valence-electron chi connectivity index (χ3n) is 3.78. The quantitative estimate of drug-likeness (QED) is 0.439. The zero-order valence-electron chi connectivity index (χ0n) is 15.0. The fraction of sp³-hybridized carbons (Fsp3) is 1.00. The predicted molar refractivity (Wildman–Crippen MR) is 89.8 cm³/mol. The van der Waals surface area contributed by atoms with Gasteiger partial charge in [0.05, 0.1) is 13.2 Å². The molecule has 0 fully saturated rings. The Morgan fingerprint density at radius 2 is 1.33 bits per heavy atom. The van der Waals surface area contributed by atoms with E-state index in [1.54, 1.807) is 7.11 Å². The highest BCUT2D eigenvalue weighted by atomic mass is 16.6. The molecule has 3 unspecified atom stereocenters. The summed E-state index contributed by atoms with van der Waals surface area (Å²) in [6.45, 7) is 11.9. The summed E-state index contributed by atoms with van der Waals surface area (Å²) in [6.07, 6.45) is 7.64. The van der Waals surface area contributed by atoms with E-state index in [-0.39, 0.29) is 6.10 Å². The highest BCUT2D eigenvalue weighted by Crippen LogP contribution is 2.11. The van der Waals surface area contributed by atoms with Crippen LogP contribution in [0.25, 0.3) is 0 Å². The Labute approximate surface area is 132 Å². The molecule has 0 aliphatic heterocycles. The minimum atomic E-state index is 0.0671. The molecule has 0 rings (SSSR count). The molecule has 0 aromatic rings. The summed E-state index contributed by atoms with van der Waals surface area (Å²) in [5.41, 5.74) is 0. The van der Waals surface area contributed by atoms with Crippen LogP contribution in [0.1, 0.15) is 66.2 Å². The van der Waals surface area contributed by atoms with Crippen LogP contribution in [-0.4, -0.2) is 39.6 Å². The maximum atomic E-state index is 5.95. The van der Waals surface area contributed by atoms with Crippen LogP contribution in [0, 0.1) is 11.8 Å². The highest BCUT2D eigenvalue weighted by Gasteiger charge is 2.12. The number of methoxy groups -OCH3 is 1. The molecule has 0 aromatic carbocycles. The molecule has 3 heteroatoms. The molecule has 128 valence electrons. The lowest BCUT2D eigenvalue weighted by Gasteiger charge is -2.21. The zero-order chi connectivity index (χ0) is 15.9. The van der Waals surface area contributed by atoms with Gasteiger partial charge in [0.2, 0.25) is 0 Å². The Balaban J connectivity index is 3.80. The smallest absolute Gasteiger partial charge is 0.104 e. The van der Waals surface area contributed by atoms with E-state index in [9.17, 15) is 0 Å². The van der Waals surface area contributed by atoms with Gasteiger partial charge in [0.1, 0.15) is 6.10 Å². The van der Waals surface area contributed by atoms with Gasteiger partial charge in [-0.1, -0.05) is 53.4 Å². The number of unbranched alkanes of at least 4 members (excludes halogenated alkanes) is 2. The van der Waals surface area contributed by atoms with Crippen molar-refractivity contribution < 1.29 is 14.2 Å². The van der Waals surface area contributed by atoms with Gasteiger partial charge < -0.3 is 14.2 Å². The van der Waals surface area contributed by atoms with Crippen molar-refractivity contribution in [1.82, 2.24) is 0 Å². The fourth-order valence-corrected chi connectivity index (χ4v) is 2.30. The van der Waals surface area contributed by atoms with Gasteiger partial charge in [0.15, 0.2) is 0 Å². The number of hydrogen-bond acceptors (Lipinski definition) is 3. The van der Waals surface area contributed by atoms with E-state index in [1.165, 1.54) is 38.5 Å². The second-order valence-electron chi connectivity index (χ2n) is 6.44. The lowest BCUT2D eigenvalue weighted by atomic mass is 10.1. The van der Waals surface area contributed by atoms with Crippen LogP contribution in [0.5, 0.6) is 0 Å². The summed E-state index contributed by atoms with van der Waals surface area (Å²) >= 11 is 0. The van der Waals surface area contributed by atoms with Crippen molar-refractivity contribution in [2.24, 2.45) is 11.8 Å². The molecule has 0 aliphatic rings. The third kappa shape index (κ3) is 13.3. The molecule has 21 heavy (non-hydrogen) atoms. The van der Waals surface area contributed by atoms with Gasteiger partial charge in [-0.25, -0.2) is 0 Å². The van der Waals surface area contributed by atoms with E-state index in [0.29, 0.717) is 25.0 Å². The number of hydrogen-bond donors (Lipinski definition) is 0. The van der Waals surface area contributed by atoms with E-state index in [2.05, 4.69) is 27.7 Å². The van der Waals surface area contributed by atoms with Gasteiger partial charge in [-0.2, -0.15) is 0 Å². The van der Waals surface area contributed by atoms with Crippen LogP contribution in [0.15, 0.2) is 0 Å². The van der Waals surface area contributed by atoms with Crippen molar-refractivity contribution in [3.63, 3.8) is 0 Å². The molecule has 0 heterocycles. The normalized spacial score (nSPS) is 15.9. The molecule has 0 aromatic heterocycles. The lowest BCUT2D eigenvalue weighted by Crippen LogP contribution is -2.28. The summed E-state index contributed by atoms with van der Waals surface area (Å²) in [4.78, 5) is 0. The third-order valence-corrected chi connectivity index (χ3v) is 3.78. The molecule has 0 spiro atoms. The Morgan fingerprint density at radius 3 is 1.86 bits per heavy atom. The Hall–Kier alpha value is -0.120. The first-order chi connectivity index (χ1) is 10.1. The van der Waals surface area contributed by atoms with Crippen LogP contribution in [0.3, 0.4) is 0 Å². The van der Waals surface area contributed by atoms with Crippen LogP contribution >= 0.6 is 0 Å². The standard InChI is InChI=1S/C18H38O3/c1-6-8-10-16(3)12-20-15-18(14-19-5)21-13-17(4)11-9-7-2/h16-18H,6-15H2,1-5H3. The number of rotatable bonds is 15. The molecule has 0 bridgehead atoms. The van der Waals surface area contributed by atoms with Crippen molar-refractivity contribution in [2.75, 3.05) is 33.5 Å². The van der Waals surface area contributed by atoms with E-state index >= 15 is 0 Å². The highest BCUT2D eigenvalue weighted by molar-refractivity contribution is 4.59. The second kappa shape index (κ2) is 14.8. The van der Waals surface area contributed by atoms with Crippen LogP contribution in [-0.2, 0) is 14.2 Å². The van der Waals surface area contributed by atoms with E-state index in [1.807, 2.05) is 0 Å². The van der Waals surface area contributed by atoms with E-state index in [4.69, 9.17) is 14.2 Å². The second-order valence-corrected chi connectivity index (χ2v) is 6.44. The average Bonchev–Trinajstić information content (AvgIpc) is 2.48. The molecule has 0 saturated carbocycles. The fourth-order valence-electron chi connectivity index (χ4n) is 2.30. The first-order valence-electron chi connectivity index (χ1n) is 8.82. The average molecular weight is 302 g/mol. The molecule has 0 N–H and O–H groups in total. The van der Waals surface area contributed by atoms with Crippen molar-refractivity contribution in [1.29, 1.82) is 0 Å². The molecule has 0 amide bonds. The Morgan fingerprint density at radius 1 is 0.762 bits per heavy atom. The molecule has 0 aliphatic carbocycles. The molecule has 0 saturated heterocycles. The SMILES string of the molecule is CCCCC(C)COCC(COC)OCC(C)CCCC. The van der Waals surface area contributed by atoms with Crippen molar-refractivity contribution >= 4 is 0 Å².